The first-order valence-corrected chi connectivity index (χ1v) is 8.02. The molecule has 0 bridgehead atoms. The molecular weight excluding hydrogens is 288 g/mol. The topological polar surface area (TPSA) is 50.4 Å². The Bertz CT molecular complexity index is 646. The summed E-state index contributed by atoms with van der Waals surface area (Å²) in [5, 5.41) is 6.35. The molecule has 120 valence electrons. The number of hydrogen-bond donors (Lipinski definition) is 2. The molecule has 0 radical (unpaired) electrons. The summed E-state index contributed by atoms with van der Waals surface area (Å²) in [7, 11) is 1.67. The van der Waals surface area contributed by atoms with E-state index in [2.05, 4.69) is 10.6 Å². The van der Waals surface area contributed by atoms with E-state index in [1.54, 1.807) is 7.11 Å². The van der Waals surface area contributed by atoms with Crippen molar-refractivity contribution in [2.45, 2.75) is 25.8 Å². The van der Waals surface area contributed by atoms with Crippen LogP contribution in [0.15, 0.2) is 48.5 Å². The molecule has 0 unspecified atom stereocenters. The van der Waals surface area contributed by atoms with Gasteiger partial charge in [0.05, 0.1) is 7.11 Å². The van der Waals surface area contributed by atoms with Crippen LogP contribution in [-0.2, 0) is 11.3 Å². The maximum absolute atomic E-state index is 11.9. The van der Waals surface area contributed by atoms with E-state index >= 15 is 0 Å². The zero-order valence-corrected chi connectivity index (χ0v) is 13.3. The van der Waals surface area contributed by atoms with Gasteiger partial charge in [0.1, 0.15) is 5.75 Å². The fourth-order valence-corrected chi connectivity index (χ4v) is 2.53. The Morgan fingerprint density at radius 1 is 1.04 bits per heavy atom. The van der Waals surface area contributed by atoms with E-state index in [0.717, 1.165) is 36.5 Å². The number of ether oxygens (including phenoxy) is 1. The van der Waals surface area contributed by atoms with Crippen molar-refractivity contribution >= 4 is 17.3 Å². The van der Waals surface area contributed by atoms with Crippen LogP contribution in [0.2, 0.25) is 0 Å². The minimum atomic E-state index is 0.148. The van der Waals surface area contributed by atoms with Crippen LogP contribution in [0.5, 0.6) is 5.75 Å². The number of carbonyl (C=O) groups excluding carboxylic acids is 1. The van der Waals surface area contributed by atoms with Gasteiger partial charge < -0.3 is 15.4 Å². The van der Waals surface area contributed by atoms with E-state index in [1.807, 2.05) is 48.5 Å². The monoisotopic (exact) mass is 310 g/mol. The normalized spacial score (nSPS) is 14.0. The smallest absolute Gasteiger partial charge is 0.227 e. The molecule has 0 aromatic heterocycles. The molecule has 1 fully saturated rings. The molecule has 3 rings (SSSR count). The fraction of sp³-hybridized carbons (Fsp3) is 0.316. The molecule has 0 saturated heterocycles. The predicted octanol–water partition coefficient (Wildman–Crippen LogP) is 4.05. The Morgan fingerprint density at radius 3 is 2.26 bits per heavy atom. The van der Waals surface area contributed by atoms with E-state index in [-0.39, 0.29) is 11.8 Å². The number of methoxy groups -OCH3 is 1. The van der Waals surface area contributed by atoms with Crippen molar-refractivity contribution in [3.63, 3.8) is 0 Å². The first-order valence-electron chi connectivity index (χ1n) is 8.02. The van der Waals surface area contributed by atoms with Crippen molar-refractivity contribution in [3.05, 3.63) is 54.1 Å². The number of carbonyl (C=O) groups is 1. The third-order valence-electron chi connectivity index (χ3n) is 4.28. The molecule has 4 heteroatoms. The Morgan fingerprint density at radius 2 is 1.70 bits per heavy atom. The van der Waals surface area contributed by atoms with Gasteiger partial charge in [-0.2, -0.15) is 0 Å². The number of anilines is 2. The zero-order chi connectivity index (χ0) is 16.1. The first-order chi connectivity index (χ1) is 11.2. The third kappa shape index (κ3) is 4.03. The molecule has 2 aromatic rings. The van der Waals surface area contributed by atoms with E-state index in [9.17, 15) is 4.79 Å². The molecule has 23 heavy (non-hydrogen) atoms. The Balaban J connectivity index is 1.51. The second-order valence-corrected chi connectivity index (χ2v) is 5.90. The third-order valence-corrected chi connectivity index (χ3v) is 4.28. The van der Waals surface area contributed by atoms with E-state index < -0.39 is 0 Å². The number of rotatable bonds is 6. The van der Waals surface area contributed by atoms with Crippen LogP contribution in [0.25, 0.3) is 0 Å². The van der Waals surface area contributed by atoms with Gasteiger partial charge in [-0.3, -0.25) is 4.79 Å². The lowest BCUT2D eigenvalue weighted by Gasteiger charge is -2.24. The molecule has 0 spiro atoms. The summed E-state index contributed by atoms with van der Waals surface area (Å²) in [6, 6.07) is 15.8. The Labute approximate surface area is 136 Å². The summed E-state index contributed by atoms with van der Waals surface area (Å²) in [5.41, 5.74) is 3.08. The summed E-state index contributed by atoms with van der Waals surface area (Å²) in [5.74, 6) is 1.22. The van der Waals surface area contributed by atoms with Crippen LogP contribution in [0, 0.1) is 5.92 Å². The molecule has 1 saturated carbocycles. The molecule has 0 atom stereocenters. The van der Waals surface area contributed by atoms with Crippen molar-refractivity contribution < 1.29 is 9.53 Å². The van der Waals surface area contributed by atoms with Gasteiger partial charge in [-0.05, 0) is 54.8 Å². The number of benzene rings is 2. The van der Waals surface area contributed by atoms with Crippen molar-refractivity contribution in [1.29, 1.82) is 0 Å². The lowest BCUT2D eigenvalue weighted by atomic mass is 9.85. The molecule has 2 aromatic carbocycles. The predicted molar refractivity (Wildman–Crippen MR) is 92.7 cm³/mol. The lowest BCUT2D eigenvalue weighted by molar-refractivity contribution is -0.122. The molecular formula is C19H22N2O2. The Hall–Kier alpha value is -2.49. The average molecular weight is 310 g/mol. The summed E-state index contributed by atoms with van der Waals surface area (Å²) in [4.78, 5) is 11.9. The zero-order valence-electron chi connectivity index (χ0n) is 13.3. The standard InChI is InChI=1S/C19H22N2O2/c1-23-18-11-5-14(6-12-18)13-20-16-7-9-17(10-8-16)21-19(22)15-3-2-4-15/h5-12,15,20H,2-4,13H2,1H3,(H,21,22). The maximum Gasteiger partial charge on any atom is 0.227 e. The highest BCUT2D eigenvalue weighted by Gasteiger charge is 2.24. The lowest BCUT2D eigenvalue weighted by Crippen LogP contribution is -2.27. The summed E-state index contributed by atoms with van der Waals surface area (Å²) in [6.45, 7) is 0.748. The minimum Gasteiger partial charge on any atom is -0.497 e. The highest BCUT2D eigenvalue weighted by atomic mass is 16.5. The van der Waals surface area contributed by atoms with Crippen LogP contribution < -0.4 is 15.4 Å². The van der Waals surface area contributed by atoms with Crippen molar-refractivity contribution in [1.82, 2.24) is 0 Å². The highest BCUT2D eigenvalue weighted by molar-refractivity contribution is 5.93. The summed E-state index contributed by atoms with van der Waals surface area (Å²) < 4.78 is 5.15. The fourth-order valence-electron chi connectivity index (χ4n) is 2.53. The van der Waals surface area contributed by atoms with E-state index in [0.29, 0.717) is 0 Å². The SMILES string of the molecule is COc1ccc(CNc2ccc(NC(=O)C3CCC3)cc2)cc1. The van der Waals surface area contributed by atoms with Gasteiger partial charge >= 0.3 is 0 Å². The van der Waals surface area contributed by atoms with Gasteiger partial charge in [0.15, 0.2) is 0 Å². The molecule has 1 aliphatic carbocycles. The van der Waals surface area contributed by atoms with Crippen molar-refractivity contribution in [2.75, 3.05) is 17.7 Å². The van der Waals surface area contributed by atoms with Crippen LogP contribution in [-0.4, -0.2) is 13.0 Å². The molecule has 0 aliphatic heterocycles. The van der Waals surface area contributed by atoms with Crippen LogP contribution in [0.3, 0.4) is 0 Å². The van der Waals surface area contributed by atoms with Crippen molar-refractivity contribution in [2.24, 2.45) is 5.92 Å². The maximum atomic E-state index is 11.9. The quantitative estimate of drug-likeness (QED) is 0.846. The van der Waals surface area contributed by atoms with E-state index in [1.165, 1.54) is 12.0 Å². The highest BCUT2D eigenvalue weighted by Crippen LogP contribution is 2.27. The second kappa shape index (κ2) is 7.18. The van der Waals surface area contributed by atoms with E-state index in [4.69, 9.17) is 4.74 Å². The average Bonchev–Trinajstić information content (AvgIpc) is 2.53. The van der Waals surface area contributed by atoms with Gasteiger partial charge in [0.2, 0.25) is 5.91 Å². The number of hydrogen-bond acceptors (Lipinski definition) is 3. The van der Waals surface area contributed by atoms with Crippen LogP contribution >= 0.6 is 0 Å². The van der Waals surface area contributed by atoms with Gasteiger partial charge in [0.25, 0.3) is 0 Å². The van der Waals surface area contributed by atoms with Gasteiger partial charge in [-0.1, -0.05) is 18.6 Å². The van der Waals surface area contributed by atoms with Gasteiger partial charge in [0, 0.05) is 23.8 Å². The van der Waals surface area contributed by atoms with Crippen LogP contribution in [0.4, 0.5) is 11.4 Å². The largest absolute Gasteiger partial charge is 0.497 e. The van der Waals surface area contributed by atoms with Gasteiger partial charge in [-0.25, -0.2) is 0 Å². The van der Waals surface area contributed by atoms with Crippen LogP contribution in [0.1, 0.15) is 24.8 Å². The molecule has 1 amide bonds. The summed E-state index contributed by atoms with van der Waals surface area (Å²) >= 11 is 0. The molecule has 0 heterocycles. The molecule has 1 aliphatic rings. The summed E-state index contributed by atoms with van der Waals surface area (Å²) in [6.07, 6.45) is 3.22. The number of amides is 1. The Kier molecular flexibility index (Phi) is 4.81. The number of nitrogens with one attached hydrogen (secondary N) is 2. The molecule has 4 nitrogen and oxygen atoms in total. The molecule has 2 N–H and O–H groups in total. The minimum absolute atomic E-state index is 0.148. The first kappa shape index (κ1) is 15.4. The van der Waals surface area contributed by atoms with Crippen molar-refractivity contribution in [3.8, 4) is 5.75 Å². The second-order valence-electron chi connectivity index (χ2n) is 5.90. The van der Waals surface area contributed by atoms with Gasteiger partial charge in [-0.15, -0.1) is 0 Å².